The Kier molecular flexibility index (Phi) is 6.49. The normalized spacial score (nSPS) is 11.7. The Balaban J connectivity index is 1.74. The summed E-state index contributed by atoms with van der Waals surface area (Å²) in [4.78, 5) is 14.1. The van der Waals surface area contributed by atoms with Crippen LogP contribution in [0.15, 0.2) is 57.9 Å². The third-order valence-electron chi connectivity index (χ3n) is 5.58. The molecule has 2 aromatic carbocycles. The largest absolute Gasteiger partial charge is 0.452 e. The number of rotatable bonds is 7. The molecule has 0 spiro atoms. The molecule has 38 heavy (non-hydrogen) atoms. The summed E-state index contributed by atoms with van der Waals surface area (Å²) in [6.07, 6.45) is 1.57. The molecule has 196 valence electrons. The molecule has 0 aliphatic heterocycles. The van der Waals surface area contributed by atoms with E-state index >= 15 is 0 Å². The van der Waals surface area contributed by atoms with E-state index < -0.39 is 21.7 Å². The van der Waals surface area contributed by atoms with Crippen molar-refractivity contribution < 1.29 is 26.4 Å². The van der Waals surface area contributed by atoms with Crippen LogP contribution in [0, 0.1) is 25.5 Å². The number of nitrogens with zero attached hydrogens (tertiary/aromatic N) is 3. The summed E-state index contributed by atoms with van der Waals surface area (Å²) >= 11 is 1.20. The zero-order valence-electron chi connectivity index (χ0n) is 20.3. The van der Waals surface area contributed by atoms with Crippen molar-refractivity contribution in [1.29, 1.82) is 0 Å². The summed E-state index contributed by atoms with van der Waals surface area (Å²) in [5.74, 6) is -1.35. The smallest absolute Gasteiger partial charge is 0.257 e. The van der Waals surface area contributed by atoms with E-state index in [2.05, 4.69) is 14.9 Å². The Morgan fingerprint density at radius 3 is 2.53 bits per heavy atom. The van der Waals surface area contributed by atoms with Gasteiger partial charge in [-0.25, -0.2) is 17.2 Å². The van der Waals surface area contributed by atoms with Gasteiger partial charge in [0.1, 0.15) is 10.6 Å². The lowest BCUT2D eigenvalue weighted by Gasteiger charge is -2.17. The monoisotopic (exact) mass is 558 g/mol. The van der Waals surface area contributed by atoms with Crippen molar-refractivity contribution in [1.82, 2.24) is 14.8 Å². The minimum atomic E-state index is -3.62. The molecule has 3 heterocycles. The highest BCUT2D eigenvalue weighted by atomic mass is 32.2. The van der Waals surface area contributed by atoms with Crippen LogP contribution in [0.5, 0.6) is 11.5 Å². The van der Waals surface area contributed by atoms with Crippen molar-refractivity contribution in [3.63, 3.8) is 0 Å². The van der Waals surface area contributed by atoms with Gasteiger partial charge in [0.2, 0.25) is 15.9 Å². The molecule has 0 unspecified atom stereocenters. The molecule has 0 atom stereocenters. The zero-order valence-corrected chi connectivity index (χ0v) is 21.9. The van der Waals surface area contributed by atoms with Crippen LogP contribution in [0.1, 0.15) is 18.4 Å². The molecule has 0 fully saturated rings. The Labute approximate surface area is 219 Å². The Morgan fingerprint density at radius 2 is 1.84 bits per heavy atom. The third kappa shape index (κ3) is 4.89. The number of sulfonamides is 1. The molecule has 0 bridgehead atoms. The number of thiophene rings is 1. The number of aromatic nitrogens is 3. The number of hydrogen-bond donors (Lipinski definition) is 1. The maximum atomic E-state index is 14.5. The summed E-state index contributed by atoms with van der Waals surface area (Å²) in [6.45, 7) is 4.78. The summed E-state index contributed by atoms with van der Waals surface area (Å²) in [5, 5.41) is 8.23. The molecule has 0 aliphatic rings. The van der Waals surface area contributed by atoms with Gasteiger partial charge < -0.3 is 13.7 Å². The maximum Gasteiger partial charge on any atom is 0.257 e. The standard InChI is InChI=1S/C25H20F2N4O5S2/c1-4-38(33,34)30-16-6-8-21(36-20-7-5-15(26)9-18(20)27)19(10-16)31-12-13(2)23(32)17-11-22(37-25(17)31)24-29-28-14(3)35-24/h5-12,30H,4H2,1-3H3. The minimum absolute atomic E-state index is 0.128. The van der Waals surface area contributed by atoms with Crippen LogP contribution in [0.3, 0.4) is 0 Å². The highest BCUT2D eigenvalue weighted by Crippen LogP contribution is 2.38. The second kappa shape index (κ2) is 9.65. The molecular weight excluding hydrogens is 538 g/mol. The summed E-state index contributed by atoms with van der Waals surface area (Å²) in [7, 11) is -3.62. The van der Waals surface area contributed by atoms with E-state index in [1.807, 2.05) is 0 Å². The molecule has 5 aromatic rings. The van der Waals surface area contributed by atoms with E-state index in [4.69, 9.17) is 9.15 Å². The molecule has 0 aliphatic carbocycles. The number of nitrogens with one attached hydrogen (secondary N) is 1. The number of halogens is 2. The number of pyridine rings is 1. The van der Waals surface area contributed by atoms with E-state index in [1.54, 1.807) is 30.7 Å². The van der Waals surface area contributed by atoms with Gasteiger partial charge in [0, 0.05) is 24.8 Å². The first kappa shape index (κ1) is 25.5. The predicted molar refractivity (Wildman–Crippen MR) is 140 cm³/mol. The summed E-state index contributed by atoms with van der Waals surface area (Å²) < 4.78 is 67.9. The van der Waals surface area contributed by atoms with Crippen LogP contribution in [0.25, 0.3) is 26.7 Å². The van der Waals surface area contributed by atoms with Crippen molar-refractivity contribution >= 4 is 37.3 Å². The van der Waals surface area contributed by atoms with Gasteiger partial charge in [-0.15, -0.1) is 21.5 Å². The minimum Gasteiger partial charge on any atom is -0.452 e. The molecule has 13 heteroatoms. The lowest BCUT2D eigenvalue weighted by Crippen LogP contribution is -2.15. The van der Waals surface area contributed by atoms with Gasteiger partial charge in [-0.2, -0.15) is 0 Å². The average Bonchev–Trinajstić information content (AvgIpc) is 3.51. The molecule has 5 rings (SSSR count). The van der Waals surface area contributed by atoms with Crippen LogP contribution < -0.4 is 14.9 Å². The van der Waals surface area contributed by atoms with Crippen LogP contribution in [-0.4, -0.2) is 28.9 Å². The van der Waals surface area contributed by atoms with Gasteiger partial charge in [0.05, 0.1) is 27.4 Å². The number of benzene rings is 2. The third-order valence-corrected chi connectivity index (χ3v) is 8.01. The lowest BCUT2D eigenvalue weighted by atomic mass is 10.2. The number of anilines is 1. The fraction of sp³-hybridized carbons (Fsp3) is 0.160. The number of aryl methyl sites for hydroxylation is 2. The van der Waals surface area contributed by atoms with Crippen molar-refractivity contribution in [2.75, 3.05) is 10.5 Å². The molecule has 0 saturated carbocycles. The highest BCUT2D eigenvalue weighted by Gasteiger charge is 2.20. The van der Waals surface area contributed by atoms with Crippen LogP contribution in [0.2, 0.25) is 0 Å². The van der Waals surface area contributed by atoms with Crippen molar-refractivity contribution in [3.05, 3.63) is 82.0 Å². The van der Waals surface area contributed by atoms with Crippen LogP contribution >= 0.6 is 11.3 Å². The van der Waals surface area contributed by atoms with E-state index in [0.29, 0.717) is 38.3 Å². The predicted octanol–water partition coefficient (Wildman–Crippen LogP) is 5.55. The van der Waals surface area contributed by atoms with E-state index in [0.717, 1.165) is 12.1 Å². The second-order valence-electron chi connectivity index (χ2n) is 8.33. The molecule has 0 radical (unpaired) electrons. The Bertz CT molecular complexity index is 1860. The SMILES string of the molecule is CCS(=O)(=O)Nc1ccc(Oc2ccc(F)cc2F)c(-n2cc(C)c(=O)c3cc(-c4nnc(C)o4)sc32)c1. The van der Waals surface area contributed by atoms with Gasteiger partial charge in [0.15, 0.2) is 22.7 Å². The fourth-order valence-corrected chi connectivity index (χ4v) is 5.41. The van der Waals surface area contributed by atoms with Crippen molar-refractivity contribution in [3.8, 4) is 28.0 Å². The van der Waals surface area contributed by atoms with E-state index in [1.165, 1.54) is 36.5 Å². The Morgan fingerprint density at radius 1 is 1.08 bits per heavy atom. The zero-order chi connectivity index (χ0) is 27.2. The highest BCUT2D eigenvalue weighted by molar-refractivity contribution is 7.92. The first-order chi connectivity index (χ1) is 18.0. The van der Waals surface area contributed by atoms with Gasteiger partial charge in [-0.05, 0) is 50.2 Å². The molecule has 0 amide bonds. The van der Waals surface area contributed by atoms with Crippen molar-refractivity contribution in [2.45, 2.75) is 20.8 Å². The lowest BCUT2D eigenvalue weighted by molar-refractivity contribution is 0.436. The van der Waals surface area contributed by atoms with E-state index in [9.17, 15) is 22.0 Å². The molecule has 9 nitrogen and oxygen atoms in total. The van der Waals surface area contributed by atoms with Crippen LogP contribution in [-0.2, 0) is 10.0 Å². The number of fused-ring (bicyclic) bond motifs is 1. The van der Waals surface area contributed by atoms with Gasteiger partial charge in [-0.1, -0.05) is 0 Å². The molecular formula is C25H20F2N4O5S2. The Hall–Kier alpha value is -4.10. The molecule has 1 N–H and O–H groups in total. The number of hydrogen-bond acceptors (Lipinski definition) is 8. The fourth-order valence-electron chi connectivity index (χ4n) is 3.71. The summed E-state index contributed by atoms with van der Waals surface area (Å²) in [5.41, 5.74) is 0.697. The van der Waals surface area contributed by atoms with E-state index in [-0.39, 0.29) is 34.3 Å². The molecule has 0 saturated heterocycles. The van der Waals surface area contributed by atoms with Gasteiger partial charge >= 0.3 is 0 Å². The molecule has 3 aromatic heterocycles. The number of ether oxygens (including phenoxy) is 1. The second-order valence-corrected chi connectivity index (χ2v) is 11.4. The topological polar surface area (TPSA) is 116 Å². The maximum absolute atomic E-state index is 14.5. The quantitative estimate of drug-likeness (QED) is 0.278. The van der Waals surface area contributed by atoms with Gasteiger partial charge in [-0.3, -0.25) is 9.52 Å². The first-order valence-electron chi connectivity index (χ1n) is 11.3. The summed E-state index contributed by atoms with van der Waals surface area (Å²) in [6, 6.07) is 8.96. The van der Waals surface area contributed by atoms with Crippen molar-refractivity contribution in [2.24, 2.45) is 0 Å². The van der Waals surface area contributed by atoms with Gasteiger partial charge in [0.25, 0.3) is 5.89 Å². The van der Waals surface area contributed by atoms with Crippen LogP contribution in [0.4, 0.5) is 14.5 Å². The first-order valence-corrected chi connectivity index (χ1v) is 13.8. The average molecular weight is 559 g/mol.